The highest BCUT2D eigenvalue weighted by molar-refractivity contribution is 7.45. The Morgan fingerprint density at radius 1 is 1.67 bits per heavy atom. The lowest BCUT2D eigenvalue weighted by atomic mass is 10.6. The lowest BCUT2D eigenvalue weighted by Crippen LogP contribution is -2.30. The molecule has 0 saturated carbocycles. The van der Waals surface area contributed by atoms with Gasteiger partial charge in [0.1, 0.15) is 0 Å². The number of nitrogens with one attached hydrogen (secondary N) is 1. The first kappa shape index (κ1) is 8.78. The van der Waals surface area contributed by atoms with Gasteiger partial charge in [-0.15, -0.1) is 0 Å². The van der Waals surface area contributed by atoms with E-state index >= 15 is 0 Å². The van der Waals surface area contributed by atoms with Gasteiger partial charge < -0.3 is 20.8 Å². The van der Waals surface area contributed by atoms with E-state index in [1.54, 1.807) is 0 Å². The van der Waals surface area contributed by atoms with Gasteiger partial charge in [-0.25, -0.2) is 0 Å². The van der Waals surface area contributed by atoms with Gasteiger partial charge in [0, 0.05) is 0 Å². The van der Waals surface area contributed by atoms with Crippen LogP contribution in [0.1, 0.15) is 0 Å². The molecule has 0 heterocycles. The number of carbonyl (C=O) groups is 1. The van der Waals surface area contributed by atoms with Crippen molar-refractivity contribution in [1.29, 1.82) is 0 Å². The molecule has 9 heavy (non-hydrogen) atoms. The second-order valence-corrected chi connectivity index (χ2v) is 2.40. The SMILES string of the molecule is NCC(=O)NCP(O)O. The Balaban J connectivity index is 3.17. The molecule has 0 fully saturated rings. The van der Waals surface area contributed by atoms with E-state index in [0.29, 0.717) is 0 Å². The quantitative estimate of drug-likeness (QED) is 0.363. The molecule has 0 atom stereocenters. The van der Waals surface area contributed by atoms with Crippen molar-refractivity contribution in [2.24, 2.45) is 5.73 Å². The van der Waals surface area contributed by atoms with Gasteiger partial charge in [0.25, 0.3) is 0 Å². The zero-order chi connectivity index (χ0) is 7.28. The minimum Gasteiger partial charge on any atom is -0.349 e. The second kappa shape index (κ2) is 4.64. The first-order valence-corrected chi connectivity index (χ1v) is 3.72. The summed E-state index contributed by atoms with van der Waals surface area (Å²) in [6, 6.07) is 0. The lowest BCUT2D eigenvalue weighted by molar-refractivity contribution is -0.119. The van der Waals surface area contributed by atoms with Crippen LogP contribution < -0.4 is 11.1 Å². The van der Waals surface area contributed by atoms with Crippen molar-refractivity contribution in [2.45, 2.75) is 0 Å². The standard InChI is InChI=1S/C3H9N2O3P/c4-1-3(6)5-2-9(7)8/h7-8H,1-2,4H2,(H,5,6). The van der Waals surface area contributed by atoms with Crippen LogP contribution in [0.25, 0.3) is 0 Å². The van der Waals surface area contributed by atoms with Gasteiger partial charge in [0.2, 0.25) is 5.91 Å². The zero-order valence-corrected chi connectivity index (χ0v) is 5.64. The third-order valence-corrected chi connectivity index (χ3v) is 1.04. The summed E-state index contributed by atoms with van der Waals surface area (Å²) in [4.78, 5) is 26.8. The molecule has 54 valence electrons. The van der Waals surface area contributed by atoms with Gasteiger partial charge >= 0.3 is 0 Å². The molecule has 0 spiro atoms. The Morgan fingerprint density at radius 3 is 2.56 bits per heavy atom. The summed E-state index contributed by atoms with van der Waals surface area (Å²) in [7, 11) is -2.03. The van der Waals surface area contributed by atoms with Crippen LogP contribution in [0.4, 0.5) is 0 Å². The van der Waals surface area contributed by atoms with Crippen LogP contribution in [0.15, 0.2) is 0 Å². The molecular weight excluding hydrogens is 143 g/mol. The largest absolute Gasteiger partial charge is 0.349 e. The molecule has 0 saturated heterocycles. The maximum absolute atomic E-state index is 10.3. The van der Waals surface area contributed by atoms with Crippen molar-refractivity contribution in [3.05, 3.63) is 0 Å². The smallest absolute Gasteiger partial charge is 0.234 e. The monoisotopic (exact) mass is 152 g/mol. The minimum absolute atomic E-state index is 0.106. The summed E-state index contributed by atoms with van der Waals surface area (Å²) in [5.41, 5.74) is 4.89. The van der Waals surface area contributed by atoms with E-state index in [1.807, 2.05) is 0 Å². The highest BCUT2D eigenvalue weighted by Crippen LogP contribution is 2.18. The first-order valence-electron chi connectivity index (χ1n) is 2.29. The Labute approximate surface area is 53.8 Å². The first-order chi connectivity index (χ1) is 4.16. The Kier molecular flexibility index (Phi) is 4.53. The normalized spacial score (nSPS) is 9.78. The molecule has 0 bridgehead atoms. The summed E-state index contributed by atoms with van der Waals surface area (Å²) in [5, 5.41) is 2.20. The predicted octanol–water partition coefficient (Wildman–Crippen LogP) is -1.68. The second-order valence-electron chi connectivity index (χ2n) is 1.33. The van der Waals surface area contributed by atoms with Crippen molar-refractivity contribution in [2.75, 3.05) is 12.8 Å². The summed E-state index contributed by atoms with van der Waals surface area (Å²) in [5.74, 6) is -0.384. The third-order valence-electron chi connectivity index (χ3n) is 0.603. The van der Waals surface area contributed by atoms with Gasteiger partial charge in [-0.1, -0.05) is 0 Å². The fourth-order valence-corrected chi connectivity index (χ4v) is 0.549. The summed E-state index contributed by atoms with van der Waals surface area (Å²) < 4.78 is 0. The van der Waals surface area contributed by atoms with E-state index in [1.165, 1.54) is 0 Å². The van der Waals surface area contributed by atoms with Gasteiger partial charge in [-0.2, -0.15) is 0 Å². The number of carbonyl (C=O) groups excluding carboxylic acids is 1. The molecule has 0 aromatic heterocycles. The highest BCUT2D eigenvalue weighted by atomic mass is 31.2. The predicted molar refractivity (Wildman–Crippen MR) is 33.4 cm³/mol. The van der Waals surface area contributed by atoms with Crippen molar-refractivity contribution >= 4 is 14.3 Å². The molecule has 0 rings (SSSR count). The maximum Gasteiger partial charge on any atom is 0.234 e. The van der Waals surface area contributed by atoms with Crippen LogP contribution in [0, 0.1) is 0 Å². The van der Waals surface area contributed by atoms with Crippen molar-refractivity contribution in [1.82, 2.24) is 5.32 Å². The molecule has 0 aliphatic rings. The topological polar surface area (TPSA) is 95.6 Å². The van der Waals surface area contributed by atoms with Crippen LogP contribution in [-0.4, -0.2) is 28.5 Å². The summed E-state index contributed by atoms with van der Waals surface area (Å²) >= 11 is 0. The molecule has 0 aliphatic carbocycles. The number of hydrogen-bond acceptors (Lipinski definition) is 4. The van der Waals surface area contributed by atoms with Gasteiger partial charge in [-0.3, -0.25) is 4.79 Å². The van der Waals surface area contributed by atoms with Crippen LogP contribution in [0.5, 0.6) is 0 Å². The van der Waals surface area contributed by atoms with Gasteiger partial charge in [0.05, 0.1) is 12.8 Å². The van der Waals surface area contributed by atoms with Crippen LogP contribution in [0.3, 0.4) is 0 Å². The number of nitrogens with two attached hydrogens (primary N) is 1. The van der Waals surface area contributed by atoms with E-state index in [4.69, 9.17) is 15.5 Å². The molecule has 1 amide bonds. The summed E-state index contributed by atoms with van der Waals surface area (Å²) in [6.07, 6.45) is -0.106. The Bertz CT molecular complexity index is 97.1. The number of rotatable bonds is 3. The number of amides is 1. The van der Waals surface area contributed by atoms with Crippen molar-refractivity contribution in [3.8, 4) is 0 Å². The molecule has 0 radical (unpaired) electrons. The van der Waals surface area contributed by atoms with E-state index < -0.39 is 8.38 Å². The molecule has 6 heteroatoms. The van der Waals surface area contributed by atoms with E-state index in [9.17, 15) is 4.79 Å². The molecule has 0 unspecified atom stereocenters. The van der Waals surface area contributed by atoms with Crippen LogP contribution in [0.2, 0.25) is 0 Å². The van der Waals surface area contributed by atoms with E-state index in [-0.39, 0.29) is 18.7 Å². The van der Waals surface area contributed by atoms with Crippen LogP contribution in [-0.2, 0) is 4.79 Å². The number of hydrogen-bond donors (Lipinski definition) is 4. The molecule has 5 nitrogen and oxygen atoms in total. The fourth-order valence-electron chi connectivity index (χ4n) is 0.231. The third kappa shape index (κ3) is 5.65. The molecule has 5 N–H and O–H groups in total. The Morgan fingerprint density at radius 2 is 2.22 bits per heavy atom. The average molecular weight is 152 g/mol. The average Bonchev–Trinajstić information content (AvgIpc) is 1.83. The molecule has 0 aromatic rings. The Hall–Kier alpha value is -0.220. The maximum atomic E-state index is 10.3. The summed E-state index contributed by atoms with van der Waals surface area (Å²) in [6.45, 7) is -0.122. The van der Waals surface area contributed by atoms with Gasteiger partial charge in [0.15, 0.2) is 8.38 Å². The highest BCUT2D eigenvalue weighted by Gasteiger charge is 1.99. The minimum atomic E-state index is -2.03. The molecule has 0 aliphatic heterocycles. The van der Waals surface area contributed by atoms with E-state index in [0.717, 1.165) is 0 Å². The van der Waals surface area contributed by atoms with Gasteiger partial charge in [-0.05, 0) is 0 Å². The molecule has 0 aromatic carbocycles. The van der Waals surface area contributed by atoms with Crippen molar-refractivity contribution < 1.29 is 14.6 Å². The lowest BCUT2D eigenvalue weighted by Gasteiger charge is -2.02. The van der Waals surface area contributed by atoms with Crippen LogP contribution >= 0.6 is 8.38 Å². The molecular formula is C3H9N2O3P. The zero-order valence-electron chi connectivity index (χ0n) is 4.74. The fraction of sp³-hybridized carbons (Fsp3) is 0.667. The van der Waals surface area contributed by atoms with E-state index in [2.05, 4.69) is 5.32 Å². The van der Waals surface area contributed by atoms with Crippen molar-refractivity contribution in [3.63, 3.8) is 0 Å².